The molecule has 0 radical (unpaired) electrons. The van der Waals surface area contributed by atoms with Crippen LogP contribution >= 0.6 is 0 Å². The van der Waals surface area contributed by atoms with E-state index in [4.69, 9.17) is 14.2 Å². The molecule has 1 aromatic heterocycles. The Labute approximate surface area is 135 Å². The lowest BCUT2D eigenvalue weighted by molar-refractivity contribution is 0.173. The van der Waals surface area contributed by atoms with E-state index in [0.717, 1.165) is 41.7 Å². The van der Waals surface area contributed by atoms with Gasteiger partial charge in [-0.15, -0.1) is 0 Å². The molecule has 122 valence electrons. The predicted molar refractivity (Wildman–Crippen MR) is 84.6 cm³/mol. The molecule has 2 aliphatic rings. The van der Waals surface area contributed by atoms with Crippen LogP contribution in [0, 0.1) is 0 Å². The maximum Gasteiger partial charge on any atom is 0.231 e. The van der Waals surface area contributed by atoms with Crippen LogP contribution < -0.4 is 14.2 Å². The summed E-state index contributed by atoms with van der Waals surface area (Å²) in [7, 11) is 3.73. The highest BCUT2D eigenvalue weighted by atomic mass is 16.7. The monoisotopic (exact) mass is 315 g/mol. The molecule has 0 bridgehead atoms. The van der Waals surface area contributed by atoms with Gasteiger partial charge >= 0.3 is 0 Å². The molecule has 1 aliphatic carbocycles. The number of methoxy groups -OCH3 is 1. The lowest BCUT2D eigenvalue weighted by Gasteiger charge is -2.23. The molecule has 23 heavy (non-hydrogen) atoms. The van der Waals surface area contributed by atoms with Crippen molar-refractivity contribution in [2.75, 3.05) is 13.9 Å². The van der Waals surface area contributed by atoms with E-state index < -0.39 is 0 Å². The Kier molecular flexibility index (Phi) is 3.61. The first-order chi connectivity index (χ1) is 11.2. The van der Waals surface area contributed by atoms with E-state index in [2.05, 4.69) is 14.5 Å². The molecular weight excluding hydrogens is 294 g/mol. The van der Waals surface area contributed by atoms with Crippen LogP contribution in [-0.2, 0) is 20.1 Å². The van der Waals surface area contributed by atoms with Gasteiger partial charge in [0, 0.05) is 43.7 Å². The average molecular weight is 315 g/mol. The Bertz CT molecular complexity index is 709. The van der Waals surface area contributed by atoms with Crippen LogP contribution in [0.3, 0.4) is 0 Å². The standard InChI is InChI=1S/C17H21N3O3/c1-19-6-5-18-17(19)10-20(13-3-4-13)9-12-7-15-16(23-11-22-15)8-14(12)21-2/h5-8,13H,3-4,9-11H2,1-2H3. The number of aryl methyl sites for hydroxylation is 1. The van der Waals surface area contributed by atoms with E-state index in [1.165, 1.54) is 12.8 Å². The average Bonchev–Trinajstić information content (AvgIpc) is 3.18. The minimum atomic E-state index is 0.279. The van der Waals surface area contributed by atoms with E-state index in [9.17, 15) is 0 Å². The van der Waals surface area contributed by atoms with Crippen molar-refractivity contribution in [3.63, 3.8) is 0 Å². The fourth-order valence-electron chi connectivity index (χ4n) is 2.98. The van der Waals surface area contributed by atoms with Crippen LogP contribution in [0.1, 0.15) is 24.2 Å². The summed E-state index contributed by atoms with van der Waals surface area (Å²) in [6, 6.07) is 4.58. The van der Waals surface area contributed by atoms with Crippen molar-refractivity contribution in [1.82, 2.24) is 14.5 Å². The summed E-state index contributed by atoms with van der Waals surface area (Å²) in [5.41, 5.74) is 1.12. The second-order valence-electron chi connectivity index (χ2n) is 6.11. The molecule has 0 amide bonds. The largest absolute Gasteiger partial charge is 0.496 e. The zero-order valence-corrected chi connectivity index (χ0v) is 13.5. The molecule has 0 spiro atoms. The molecule has 0 unspecified atom stereocenters. The number of benzene rings is 1. The van der Waals surface area contributed by atoms with Gasteiger partial charge in [-0.05, 0) is 18.9 Å². The number of nitrogens with zero attached hydrogens (tertiary/aromatic N) is 3. The number of hydrogen-bond donors (Lipinski definition) is 0. The Morgan fingerprint density at radius 2 is 2.04 bits per heavy atom. The minimum absolute atomic E-state index is 0.279. The topological polar surface area (TPSA) is 48.8 Å². The van der Waals surface area contributed by atoms with Gasteiger partial charge in [-0.2, -0.15) is 0 Å². The van der Waals surface area contributed by atoms with E-state index in [-0.39, 0.29) is 6.79 Å². The van der Waals surface area contributed by atoms with E-state index in [1.54, 1.807) is 7.11 Å². The zero-order chi connectivity index (χ0) is 15.8. The van der Waals surface area contributed by atoms with Crippen molar-refractivity contribution in [3.05, 3.63) is 35.9 Å². The molecule has 2 aromatic rings. The van der Waals surface area contributed by atoms with Gasteiger partial charge in [-0.3, -0.25) is 4.90 Å². The smallest absolute Gasteiger partial charge is 0.231 e. The van der Waals surface area contributed by atoms with Gasteiger partial charge in [0.25, 0.3) is 0 Å². The van der Waals surface area contributed by atoms with E-state index in [1.807, 2.05) is 31.6 Å². The number of aromatic nitrogens is 2. The van der Waals surface area contributed by atoms with Crippen molar-refractivity contribution in [2.24, 2.45) is 7.05 Å². The first-order valence-electron chi connectivity index (χ1n) is 7.91. The molecule has 1 saturated carbocycles. The van der Waals surface area contributed by atoms with Gasteiger partial charge in [0.15, 0.2) is 11.5 Å². The molecule has 1 fully saturated rings. The van der Waals surface area contributed by atoms with Crippen LogP contribution in [0.4, 0.5) is 0 Å². The summed E-state index contributed by atoms with van der Waals surface area (Å²) in [5.74, 6) is 3.48. The lowest BCUT2D eigenvalue weighted by Crippen LogP contribution is -2.26. The SMILES string of the molecule is COc1cc2c(cc1CN(Cc1nccn1C)C1CC1)OCO2. The van der Waals surface area contributed by atoms with E-state index >= 15 is 0 Å². The summed E-state index contributed by atoms with van der Waals surface area (Å²) in [6.07, 6.45) is 6.33. The maximum absolute atomic E-state index is 5.55. The fraction of sp³-hybridized carbons (Fsp3) is 0.471. The Hall–Kier alpha value is -2.21. The molecule has 1 aliphatic heterocycles. The van der Waals surface area contributed by atoms with E-state index in [0.29, 0.717) is 6.04 Å². The quantitative estimate of drug-likeness (QED) is 0.819. The van der Waals surface area contributed by atoms with Crippen LogP contribution in [0.15, 0.2) is 24.5 Å². The number of rotatable bonds is 6. The predicted octanol–water partition coefficient (Wildman–Crippen LogP) is 2.32. The number of ether oxygens (including phenoxy) is 3. The van der Waals surface area contributed by atoms with Gasteiger partial charge < -0.3 is 18.8 Å². The molecule has 0 atom stereocenters. The summed E-state index contributed by atoms with van der Waals surface area (Å²) in [6.45, 7) is 1.94. The Balaban J connectivity index is 1.58. The first-order valence-corrected chi connectivity index (χ1v) is 7.91. The Morgan fingerprint density at radius 1 is 1.26 bits per heavy atom. The fourth-order valence-corrected chi connectivity index (χ4v) is 2.98. The van der Waals surface area contributed by atoms with Crippen molar-refractivity contribution in [3.8, 4) is 17.2 Å². The number of fused-ring (bicyclic) bond motifs is 1. The normalized spacial score (nSPS) is 16.1. The minimum Gasteiger partial charge on any atom is -0.496 e. The highest BCUT2D eigenvalue weighted by Crippen LogP contribution is 2.39. The van der Waals surface area contributed by atoms with Gasteiger partial charge in [-0.25, -0.2) is 4.98 Å². The summed E-state index contributed by atoms with van der Waals surface area (Å²) in [5, 5.41) is 0. The zero-order valence-electron chi connectivity index (χ0n) is 13.5. The molecule has 0 saturated heterocycles. The highest BCUT2D eigenvalue weighted by Gasteiger charge is 2.31. The summed E-state index contributed by atoms with van der Waals surface area (Å²) < 4.78 is 18.6. The summed E-state index contributed by atoms with van der Waals surface area (Å²) >= 11 is 0. The van der Waals surface area contributed by atoms with Crippen LogP contribution in [0.25, 0.3) is 0 Å². The molecular formula is C17H21N3O3. The molecule has 0 N–H and O–H groups in total. The molecule has 6 heteroatoms. The molecule has 2 heterocycles. The molecule has 1 aromatic carbocycles. The van der Waals surface area contributed by atoms with Crippen LogP contribution in [0.5, 0.6) is 17.2 Å². The van der Waals surface area contributed by atoms with Gasteiger partial charge in [0.2, 0.25) is 6.79 Å². The Morgan fingerprint density at radius 3 is 2.70 bits per heavy atom. The van der Waals surface area contributed by atoms with Crippen molar-refractivity contribution < 1.29 is 14.2 Å². The highest BCUT2D eigenvalue weighted by molar-refractivity contribution is 5.51. The third kappa shape index (κ3) is 2.86. The number of imidazole rings is 1. The van der Waals surface area contributed by atoms with Gasteiger partial charge in [0.1, 0.15) is 11.6 Å². The van der Waals surface area contributed by atoms with Crippen LogP contribution in [-0.4, -0.2) is 34.4 Å². The first kappa shape index (κ1) is 14.4. The van der Waals surface area contributed by atoms with Crippen molar-refractivity contribution in [1.29, 1.82) is 0 Å². The van der Waals surface area contributed by atoms with Gasteiger partial charge in [0.05, 0.1) is 13.7 Å². The maximum atomic E-state index is 5.55. The lowest BCUT2D eigenvalue weighted by atomic mass is 10.1. The van der Waals surface area contributed by atoms with Crippen molar-refractivity contribution in [2.45, 2.75) is 32.0 Å². The van der Waals surface area contributed by atoms with Gasteiger partial charge in [-0.1, -0.05) is 0 Å². The second-order valence-corrected chi connectivity index (χ2v) is 6.11. The van der Waals surface area contributed by atoms with Crippen molar-refractivity contribution >= 4 is 0 Å². The second kappa shape index (κ2) is 5.77. The molecule has 6 nitrogen and oxygen atoms in total. The number of hydrogen-bond acceptors (Lipinski definition) is 5. The summed E-state index contributed by atoms with van der Waals surface area (Å²) in [4.78, 5) is 6.91. The van der Waals surface area contributed by atoms with Crippen LogP contribution in [0.2, 0.25) is 0 Å². The third-order valence-corrected chi connectivity index (χ3v) is 4.48. The molecule has 4 rings (SSSR count). The third-order valence-electron chi connectivity index (χ3n) is 4.48.